The molecule has 126 valence electrons. The second-order valence-electron chi connectivity index (χ2n) is 5.56. The first-order valence-corrected chi connectivity index (χ1v) is 7.27. The molecule has 1 N–H and O–H groups in total. The number of carbonyl (C=O) groups excluding carboxylic acids is 1. The molecule has 0 atom stereocenters. The van der Waals surface area contributed by atoms with Crippen molar-refractivity contribution in [3.63, 3.8) is 0 Å². The molecule has 24 heavy (non-hydrogen) atoms. The first-order valence-electron chi connectivity index (χ1n) is 7.27. The van der Waals surface area contributed by atoms with E-state index in [0.717, 1.165) is 12.1 Å². The Balaban J connectivity index is 1.94. The van der Waals surface area contributed by atoms with Crippen LogP contribution in [0.3, 0.4) is 0 Å². The average molecular weight is 337 g/mol. The van der Waals surface area contributed by atoms with Crippen molar-refractivity contribution in [2.24, 2.45) is 0 Å². The van der Waals surface area contributed by atoms with Crippen LogP contribution < -0.4 is 0 Å². The molecule has 0 fully saturated rings. The first kappa shape index (κ1) is 16.2. The maximum atomic E-state index is 12.6. The number of fused-ring (bicyclic) bond motifs is 1. The molecule has 3 rings (SSSR count). The maximum absolute atomic E-state index is 12.6. The summed E-state index contributed by atoms with van der Waals surface area (Å²) >= 11 is 0. The number of carbonyl (C=O) groups is 1. The van der Waals surface area contributed by atoms with E-state index in [1.165, 1.54) is 19.1 Å². The molecule has 8 heteroatoms. The molecule has 1 aliphatic rings. The van der Waals surface area contributed by atoms with E-state index in [0.29, 0.717) is 29.8 Å². The molecule has 2 aromatic rings. The van der Waals surface area contributed by atoms with Crippen LogP contribution in [0.4, 0.5) is 13.2 Å². The van der Waals surface area contributed by atoms with Crippen molar-refractivity contribution >= 4 is 5.91 Å². The van der Waals surface area contributed by atoms with Gasteiger partial charge in [-0.3, -0.25) is 4.79 Å². The Morgan fingerprint density at radius 3 is 2.46 bits per heavy atom. The van der Waals surface area contributed by atoms with E-state index < -0.39 is 11.7 Å². The van der Waals surface area contributed by atoms with Gasteiger partial charge in [0.2, 0.25) is 11.8 Å². The van der Waals surface area contributed by atoms with Gasteiger partial charge in [0.15, 0.2) is 5.82 Å². The van der Waals surface area contributed by atoms with E-state index >= 15 is 0 Å². The van der Waals surface area contributed by atoms with Crippen LogP contribution in [0.2, 0.25) is 0 Å². The highest BCUT2D eigenvalue weighted by atomic mass is 19.4. The van der Waals surface area contributed by atoms with Crippen LogP contribution >= 0.6 is 0 Å². The van der Waals surface area contributed by atoms with Crippen LogP contribution in [0.5, 0.6) is 5.88 Å². The molecular weight excluding hydrogens is 323 g/mol. The molecule has 1 aliphatic heterocycles. The van der Waals surface area contributed by atoms with Gasteiger partial charge in [0.25, 0.3) is 0 Å². The van der Waals surface area contributed by atoms with Crippen LogP contribution in [0.15, 0.2) is 24.3 Å². The molecule has 0 aliphatic carbocycles. The second-order valence-corrected chi connectivity index (χ2v) is 5.56. The number of amides is 1. The Bertz CT molecular complexity index is 788. The molecule has 0 spiro atoms. The summed E-state index contributed by atoms with van der Waals surface area (Å²) < 4.78 is 37.8. The van der Waals surface area contributed by atoms with Crippen molar-refractivity contribution in [3.05, 3.63) is 41.1 Å². The number of alkyl halides is 3. The van der Waals surface area contributed by atoms with Gasteiger partial charge in [-0.1, -0.05) is 12.1 Å². The molecule has 2 heterocycles. The largest absolute Gasteiger partial charge is 0.493 e. The zero-order valence-electron chi connectivity index (χ0n) is 12.8. The molecule has 5 nitrogen and oxygen atoms in total. The van der Waals surface area contributed by atoms with Crippen molar-refractivity contribution in [2.75, 3.05) is 6.54 Å². The highest BCUT2D eigenvalue weighted by molar-refractivity contribution is 5.73. The van der Waals surface area contributed by atoms with Gasteiger partial charge in [-0.25, -0.2) is 4.98 Å². The fraction of sp³-hybridized carbons (Fsp3) is 0.312. The summed E-state index contributed by atoms with van der Waals surface area (Å²) in [4.78, 5) is 21.3. The van der Waals surface area contributed by atoms with Crippen molar-refractivity contribution in [1.29, 1.82) is 0 Å². The van der Waals surface area contributed by atoms with Crippen LogP contribution in [-0.2, 0) is 23.9 Å². The summed E-state index contributed by atoms with van der Waals surface area (Å²) in [6, 6.07) is 4.45. The second kappa shape index (κ2) is 5.77. The normalized spacial score (nSPS) is 14.4. The monoisotopic (exact) mass is 337 g/mol. The van der Waals surface area contributed by atoms with Gasteiger partial charge in [-0.2, -0.15) is 18.2 Å². The molecule has 1 aromatic heterocycles. The maximum Gasteiger partial charge on any atom is 0.416 e. The van der Waals surface area contributed by atoms with Gasteiger partial charge < -0.3 is 10.0 Å². The van der Waals surface area contributed by atoms with Crippen LogP contribution in [0.25, 0.3) is 11.4 Å². The molecule has 0 saturated carbocycles. The smallest absolute Gasteiger partial charge is 0.416 e. The zero-order chi connectivity index (χ0) is 17.5. The van der Waals surface area contributed by atoms with E-state index in [4.69, 9.17) is 0 Å². The summed E-state index contributed by atoms with van der Waals surface area (Å²) in [6.07, 6.45) is -3.95. The number of rotatable bonds is 1. The van der Waals surface area contributed by atoms with E-state index in [-0.39, 0.29) is 24.2 Å². The number of halogens is 3. The number of hydrogen-bond acceptors (Lipinski definition) is 4. The van der Waals surface area contributed by atoms with Crippen molar-refractivity contribution in [2.45, 2.75) is 26.1 Å². The lowest BCUT2D eigenvalue weighted by molar-refractivity contribution is -0.137. The topological polar surface area (TPSA) is 66.3 Å². The molecule has 0 saturated heterocycles. The molecule has 1 amide bonds. The Morgan fingerprint density at radius 2 is 1.88 bits per heavy atom. The SMILES string of the molecule is CC(=O)N1CCc2nc(-c3ccc(C(F)(F)F)cc3)nc(O)c2C1. The Morgan fingerprint density at radius 1 is 1.21 bits per heavy atom. The first-order chi connectivity index (χ1) is 11.3. The van der Waals surface area contributed by atoms with Gasteiger partial charge in [0.1, 0.15) is 0 Å². The van der Waals surface area contributed by atoms with Gasteiger partial charge in [-0.15, -0.1) is 0 Å². The van der Waals surface area contributed by atoms with E-state index in [1.54, 1.807) is 4.90 Å². The summed E-state index contributed by atoms with van der Waals surface area (Å²) in [5.41, 5.74) is 0.711. The molecule has 0 radical (unpaired) electrons. The highest BCUT2D eigenvalue weighted by Gasteiger charge is 2.30. The summed E-state index contributed by atoms with van der Waals surface area (Å²) in [7, 11) is 0. The standard InChI is InChI=1S/C16H14F3N3O2/c1-9(23)22-7-6-13-12(8-22)15(24)21-14(20-13)10-2-4-11(5-3-10)16(17,18)19/h2-5H,6-8H2,1H3,(H,20,21,24). The quantitative estimate of drug-likeness (QED) is 0.869. The number of hydrogen-bond donors (Lipinski definition) is 1. The number of nitrogens with zero attached hydrogens (tertiary/aromatic N) is 3. The van der Waals surface area contributed by atoms with E-state index in [9.17, 15) is 23.1 Å². The minimum Gasteiger partial charge on any atom is -0.493 e. The van der Waals surface area contributed by atoms with Gasteiger partial charge in [-0.05, 0) is 12.1 Å². The van der Waals surface area contributed by atoms with E-state index in [2.05, 4.69) is 9.97 Å². The lowest BCUT2D eigenvalue weighted by Gasteiger charge is -2.27. The third-order valence-corrected chi connectivity index (χ3v) is 3.95. The minimum absolute atomic E-state index is 0.105. The fourth-order valence-corrected chi connectivity index (χ4v) is 2.60. The predicted molar refractivity (Wildman–Crippen MR) is 78.9 cm³/mol. The van der Waals surface area contributed by atoms with Crippen LogP contribution in [-0.4, -0.2) is 32.4 Å². The minimum atomic E-state index is -4.41. The summed E-state index contributed by atoms with van der Waals surface area (Å²) in [6.45, 7) is 2.15. The lowest BCUT2D eigenvalue weighted by atomic mass is 10.1. The number of aromatic hydroxyl groups is 1. The average Bonchev–Trinajstić information content (AvgIpc) is 2.53. The van der Waals surface area contributed by atoms with Gasteiger partial charge in [0, 0.05) is 25.5 Å². The zero-order valence-corrected chi connectivity index (χ0v) is 12.8. The van der Waals surface area contributed by atoms with Gasteiger partial charge in [0.05, 0.1) is 23.4 Å². The van der Waals surface area contributed by atoms with Gasteiger partial charge >= 0.3 is 6.18 Å². The summed E-state index contributed by atoms with van der Waals surface area (Å²) in [5, 5.41) is 10.1. The van der Waals surface area contributed by atoms with Crippen molar-refractivity contribution in [1.82, 2.24) is 14.9 Å². The number of aromatic nitrogens is 2. The number of benzene rings is 1. The molecular formula is C16H14F3N3O2. The van der Waals surface area contributed by atoms with E-state index in [1.807, 2.05) is 0 Å². The van der Waals surface area contributed by atoms with Crippen LogP contribution in [0.1, 0.15) is 23.7 Å². The van der Waals surface area contributed by atoms with Crippen molar-refractivity contribution in [3.8, 4) is 17.3 Å². The fourth-order valence-electron chi connectivity index (χ4n) is 2.60. The third-order valence-electron chi connectivity index (χ3n) is 3.95. The Kier molecular flexibility index (Phi) is 3.90. The third kappa shape index (κ3) is 3.04. The van der Waals surface area contributed by atoms with Crippen molar-refractivity contribution < 1.29 is 23.1 Å². The highest BCUT2D eigenvalue weighted by Crippen LogP contribution is 2.32. The molecule has 1 aromatic carbocycles. The molecule has 0 unspecified atom stereocenters. The predicted octanol–water partition coefficient (Wildman–Crippen LogP) is 2.77. The Hall–Kier alpha value is -2.64. The lowest BCUT2D eigenvalue weighted by Crippen LogP contribution is -2.34. The summed E-state index contributed by atoms with van der Waals surface area (Å²) in [5.74, 6) is -0.191. The Labute approximate surface area is 135 Å². The molecule has 0 bridgehead atoms. The van der Waals surface area contributed by atoms with Crippen LogP contribution in [0, 0.1) is 0 Å².